The van der Waals surface area contributed by atoms with Gasteiger partial charge in [-0.15, -0.1) is 0 Å². The van der Waals surface area contributed by atoms with Gasteiger partial charge in [0.2, 0.25) is 10.0 Å². The van der Waals surface area contributed by atoms with Gasteiger partial charge in [0.25, 0.3) is 5.91 Å². The third-order valence-electron chi connectivity index (χ3n) is 4.78. The smallest absolute Gasteiger partial charge is 0.339 e. The second-order valence-electron chi connectivity index (χ2n) is 7.04. The molecule has 31 heavy (non-hydrogen) atoms. The van der Waals surface area contributed by atoms with E-state index in [0.29, 0.717) is 29.5 Å². The minimum atomic E-state index is -3.77. The summed E-state index contributed by atoms with van der Waals surface area (Å²) in [5, 5.41) is 3.07. The zero-order valence-electron chi connectivity index (χ0n) is 17.1. The summed E-state index contributed by atoms with van der Waals surface area (Å²) >= 11 is 5.90. The van der Waals surface area contributed by atoms with Gasteiger partial charge in [0.1, 0.15) is 0 Å². The fraction of sp³-hybridized carbons (Fsp3) is 0.333. The molecule has 8 nitrogen and oxygen atoms in total. The van der Waals surface area contributed by atoms with Gasteiger partial charge in [-0.1, -0.05) is 23.7 Å². The molecule has 10 heteroatoms. The van der Waals surface area contributed by atoms with Gasteiger partial charge in [-0.3, -0.25) is 4.79 Å². The van der Waals surface area contributed by atoms with Crippen molar-refractivity contribution in [1.82, 2.24) is 4.31 Å². The van der Waals surface area contributed by atoms with E-state index in [2.05, 4.69) is 5.32 Å². The van der Waals surface area contributed by atoms with Gasteiger partial charge in [0, 0.05) is 23.8 Å². The van der Waals surface area contributed by atoms with Crippen molar-refractivity contribution in [2.45, 2.75) is 24.8 Å². The van der Waals surface area contributed by atoms with Crippen LogP contribution in [0.5, 0.6) is 0 Å². The van der Waals surface area contributed by atoms with Crippen LogP contribution in [0.2, 0.25) is 5.02 Å². The number of hydrogen-bond donors (Lipinski definition) is 1. The monoisotopic (exact) mass is 466 g/mol. The number of carbonyl (C=O) groups excluding carboxylic acids is 2. The molecule has 1 amide bonds. The Balaban J connectivity index is 1.73. The fourth-order valence-corrected chi connectivity index (χ4v) is 4.63. The van der Waals surface area contributed by atoms with Crippen molar-refractivity contribution < 1.29 is 27.5 Å². The number of carbonyl (C=O) groups is 2. The number of nitrogens with zero attached hydrogens (tertiary/aromatic N) is 1. The Bertz CT molecular complexity index is 1080. The minimum absolute atomic E-state index is 0.0111. The first-order valence-electron chi connectivity index (χ1n) is 9.64. The molecule has 166 valence electrons. The van der Waals surface area contributed by atoms with E-state index < -0.39 is 28.0 Å². The predicted octanol–water partition coefficient (Wildman–Crippen LogP) is 2.85. The number of sulfonamides is 1. The van der Waals surface area contributed by atoms with Crippen LogP contribution in [0.3, 0.4) is 0 Å². The quantitative estimate of drug-likeness (QED) is 0.657. The number of benzene rings is 2. The molecule has 0 aliphatic carbocycles. The molecule has 0 radical (unpaired) electrons. The van der Waals surface area contributed by atoms with Crippen LogP contribution in [0.4, 0.5) is 5.69 Å². The average Bonchev–Trinajstić information content (AvgIpc) is 2.74. The van der Waals surface area contributed by atoms with Crippen molar-refractivity contribution in [2.24, 2.45) is 0 Å². The lowest BCUT2D eigenvalue weighted by Gasteiger charge is -2.26. The number of amides is 1. The summed E-state index contributed by atoms with van der Waals surface area (Å²) in [6, 6.07) is 10.8. The average molecular weight is 467 g/mol. The van der Waals surface area contributed by atoms with Crippen molar-refractivity contribution in [2.75, 3.05) is 31.6 Å². The molecule has 1 saturated heterocycles. The topological polar surface area (TPSA) is 102 Å². The van der Waals surface area contributed by atoms with Crippen molar-refractivity contribution in [3.8, 4) is 0 Å². The Kier molecular flexibility index (Phi) is 7.32. The lowest BCUT2D eigenvalue weighted by molar-refractivity contribution is -0.123. The van der Waals surface area contributed by atoms with E-state index in [1.165, 1.54) is 23.4 Å². The molecule has 3 rings (SSSR count). The summed E-state index contributed by atoms with van der Waals surface area (Å²) in [6.07, 6.45) is -1.11. The Hall–Kier alpha value is -2.46. The number of morpholine rings is 1. The van der Waals surface area contributed by atoms with E-state index in [-0.39, 0.29) is 23.5 Å². The lowest BCUT2D eigenvalue weighted by Crippen LogP contribution is -2.40. The SMILES string of the molecule is Cc1ccc(S(=O)(=O)N2CCOCC2)cc1C(=O)OC(C)C(=O)Nc1cccc(Cl)c1. The molecular weight excluding hydrogens is 444 g/mol. The minimum Gasteiger partial charge on any atom is -0.449 e. The van der Waals surface area contributed by atoms with E-state index in [1.807, 2.05) is 0 Å². The second kappa shape index (κ2) is 9.78. The van der Waals surface area contributed by atoms with E-state index in [1.54, 1.807) is 37.3 Å². The number of halogens is 1. The van der Waals surface area contributed by atoms with Crippen molar-refractivity contribution >= 4 is 39.2 Å². The van der Waals surface area contributed by atoms with Crippen LogP contribution >= 0.6 is 11.6 Å². The molecule has 2 aromatic rings. The highest BCUT2D eigenvalue weighted by Crippen LogP contribution is 2.22. The largest absolute Gasteiger partial charge is 0.449 e. The van der Waals surface area contributed by atoms with Crippen LogP contribution in [-0.4, -0.2) is 57.0 Å². The van der Waals surface area contributed by atoms with Crippen LogP contribution in [0.25, 0.3) is 0 Å². The van der Waals surface area contributed by atoms with Crippen LogP contribution in [0.15, 0.2) is 47.4 Å². The van der Waals surface area contributed by atoms with E-state index in [0.717, 1.165) is 0 Å². The normalized spacial score (nSPS) is 15.8. The Morgan fingerprint density at radius 2 is 1.87 bits per heavy atom. The molecule has 2 aromatic carbocycles. The number of rotatable bonds is 6. The second-order valence-corrected chi connectivity index (χ2v) is 9.41. The number of nitrogens with one attached hydrogen (secondary N) is 1. The Morgan fingerprint density at radius 1 is 1.16 bits per heavy atom. The summed E-state index contributed by atoms with van der Waals surface area (Å²) in [6.45, 7) is 4.23. The van der Waals surface area contributed by atoms with Gasteiger partial charge >= 0.3 is 5.97 Å². The van der Waals surface area contributed by atoms with E-state index in [9.17, 15) is 18.0 Å². The summed E-state index contributed by atoms with van der Waals surface area (Å²) in [5.41, 5.74) is 1.08. The molecular formula is C21H23ClN2O6S. The Labute approximate surface area is 186 Å². The van der Waals surface area contributed by atoms with Crippen molar-refractivity contribution in [1.29, 1.82) is 0 Å². The number of anilines is 1. The molecule has 0 aromatic heterocycles. The molecule has 1 fully saturated rings. The van der Waals surface area contributed by atoms with Gasteiger partial charge in [-0.05, 0) is 49.7 Å². The van der Waals surface area contributed by atoms with Gasteiger partial charge in [-0.2, -0.15) is 4.31 Å². The first-order valence-corrected chi connectivity index (χ1v) is 11.5. The van der Waals surface area contributed by atoms with Gasteiger partial charge in [0.05, 0.1) is 23.7 Å². The van der Waals surface area contributed by atoms with Gasteiger partial charge in [-0.25, -0.2) is 13.2 Å². The number of ether oxygens (including phenoxy) is 2. The third kappa shape index (κ3) is 5.62. The standard InChI is InChI=1S/C21H23ClN2O6S/c1-14-6-7-18(31(27,28)24-8-10-29-11-9-24)13-19(14)21(26)30-15(2)20(25)23-17-5-3-4-16(22)12-17/h3-7,12-13,15H,8-11H2,1-2H3,(H,23,25). The summed E-state index contributed by atoms with van der Waals surface area (Å²) in [5.74, 6) is -1.32. The molecule has 1 atom stereocenters. The summed E-state index contributed by atoms with van der Waals surface area (Å²) in [7, 11) is -3.77. The molecule has 1 heterocycles. The van der Waals surface area contributed by atoms with Crippen LogP contribution in [-0.2, 0) is 24.3 Å². The van der Waals surface area contributed by atoms with Crippen molar-refractivity contribution in [3.63, 3.8) is 0 Å². The van der Waals surface area contributed by atoms with Gasteiger partial charge < -0.3 is 14.8 Å². The summed E-state index contributed by atoms with van der Waals surface area (Å²) in [4.78, 5) is 25.0. The maximum Gasteiger partial charge on any atom is 0.339 e. The lowest BCUT2D eigenvalue weighted by atomic mass is 10.1. The zero-order valence-corrected chi connectivity index (χ0v) is 18.7. The fourth-order valence-electron chi connectivity index (χ4n) is 3.01. The van der Waals surface area contributed by atoms with Crippen molar-refractivity contribution in [3.05, 3.63) is 58.6 Å². The molecule has 1 N–H and O–H groups in total. The summed E-state index contributed by atoms with van der Waals surface area (Å²) < 4.78 is 37.6. The molecule has 1 unspecified atom stereocenters. The van der Waals surface area contributed by atoms with E-state index in [4.69, 9.17) is 21.1 Å². The first kappa shape index (κ1) is 23.2. The van der Waals surface area contributed by atoms with Crippen LogP contribution < -0.4 is 5.32 Å². The highest BCUT2D eigenvalue weighted by atomic mass is 35.5. The highest BCUT2D eigenvalue weighted by Gasteiger charge is 2.28. The molecule has 0 spiro atoms. The molecule has 0 saturated carbocycles. The third-order valence-corrected chi connectivity index (χ3v) is 6.91. The number of aryl methyl sites for hydroxylation is 1. The maximum absolute atomic E-state index is 12.9. The number of esters is 1. The molecule has 0 bridgehead atoms. The van der Waals surface area contributed by atoms with Gasteiger partial charge in [0.15, 0.2) is 6.10 Å². The maximum atomic E-state index is 12.9. The Morgan fingerprint density at radius 3 is 2.55 bits per heavy atom. The van der Waals surface area contributed by atoms with Crippen LogP contribution in [0.1, 0.15) is 22.8 Å². The van der Waals surface area contributed by atoms with Crippen LogP contribution in [0, 0.1) is 6.92 Å². The molecule has 1 aliphatic heterocycles. The first-order chi connectivity index (χ1) is 14.7. The predicted molar refractivity (Wildman–Crippen MR) is 116 cm³/mol. The van der Waals surface area contributed by atoms with E-state index >= 15 is 0 Å². The highest BCUT2D eigenvalue weighted by molar-refractivity contribution is 7.89. The molecule has 1 aliphatic rings. The zero-order chi connectivity index (χ0) is 22.6. The number of hydrogen-bond acceptors (Lipinski definition) is 6.